The number of likely N-dealkylation sites (tertiary alicyclic amines) is 1. The molecule has 9 nitrogen and oxygen atoms in total. The number of nitrogens with one attached hydrogen (secondary N) is 2. The van der Waals surface area contributed by atoms with Crippen LogP contribution in [0, 0.1) is 17.7 Å². The zero-order valence-corrected chi connectivity index (χ0v) is 18.4. The van der Waals surface area contributed by atoms with Crippen LogP contribution < -0.4 is 10.6 Å². The fourth-order valence-corrected chi connectivity index (χ4v) is 5.55. The van der Waals surface area contributed by atoms with E-state index in [1.165, 1.54) is 42.3 Å². The van der Waals surface area contributed by atoms with Gasteiger partial charge in [-0.05, 0) is 48.7 Å². The van der Waals surface area contributed by atoms with E-state index in [1.807, 2.05) is 0 Å². The summed E-state index contributed by atoms with van der Waals surface area (Å²) in [6.45, 7) is 0.513. The predicted molar refractivity (Wildman–Crippen MR) is 117 cm³/mol. The molecular weight excluding hydrogens is 445 g/mol. The molecule has 4 atom stereocenters. The van der Waals surface area contributed by atoms with Gasteiger partial charge in [0.05, 0.1) is 11.8 Å². The van der Waals surface area contributed by atoms with Crippen LogP contribution >= 0.6 is 0 Å². The van der Waals surface area contributed by atoms with Crippen molar-refractivity contribution in [3.05, 3.63) is 53.3 Å². The van der Waals surface area contributed by atoms with Gasteiger partial charge in [0, 0.05) is 37.6 Å². The summed E-state index contributed by atoms with van der Waals surface area (Å²) in [5.74, 6) is -4.49. The number of anilines is 1. The molecule has 1 spiro atoms. The van der Waals surface area contributed by atoms with E-state index in [9.17, 15) is 29.0 Å². The highest BCUT2D eigenvalue weighted by Gasteiger charge is 2.70. The van der Waals surface area contributed by atoms with E-state index in [0.717, 1.165) is 0 Å². The van der Waals surface area contributed by atoms with E-state index in [-0.39, 0.29) is 24.5 Å². The monoisotopic (exact) mass is 469 g/mol. The van der Waals surface area contributed by atoms with Gasteiger partial charge in [-0.1, -0.05) is 6.07 Å². The van der Waals surface area contributed by atoms with Gasteiger partial charge in [-0.25, -0.2) is 4.39 Å². The number of carbonyl (C=O) groups is 3. The van der Waals surface area contributed by atoms with Crippen LogP contribution in [0.2, 0.25) is 0 Å². The second-order valence-corrected chi connectivity index (χ2v) is 8.91. The van der Waals surface area contributed by atoms with Crippen molar-refractivity contribution in [2.24, 2.45) is 11.8 Å². The summed E-state index contributed by atoms with van der Waals surface area (Å²) >= 11 is 0. The molecule has 3 amide bonds. The van der Waals surface area contributed by atoms with Gasteiger partial charge in [-0.2, -0.15) is 0 Å². The molecule has 0 aromatic heterocycles. The minimum Gasteiger partial charge on any atom is -0.504 e. The number of phenolic OH excluding ortho intramolecular Hbond substituents is 2. The topological polar surface area (TPSA) is 128 Å². The highest BCUT2D eigenvalue weighted by molar-refractivity contribution is 6.15. The van der Waals surface area contributed by atoms with Crippen molar-refractivity contribution in [3.63, 3.8) is 0 Å². The number of amides is 3. The maximum absolute atomic E-state index is 14.3. The summed E-state index contributed by atoms with van der Waals surface area (Å²) in [7, 11) is 1.53. The molecule has 2 aromatic rings. The van der Waals surface area contributed by atoms with Crippen LogP contribution in [0.25, 0.3) is 0 Å². The molecule has 2 fully saturated rings. The van der Waals surface area contributed by atoms with Gasteiger partial charge < -0.3 is 20.3 Å². The smallest absolute Gasteiger partial charge is 0.250 e. The van der Waals surface area contributed by atoms with Crippen molar-refractivity contribution in [2.75, 3.05) is 25.6 Å². The molecule has 10 heteroatoms. The number of benzene rings is 2. The molecule has 0 aliphatic carbocycles. The van der Waals surface area contributed by atoms with Gasteiger partial charge in [-0.3, -0.25) is 24.6 Å². The lowest BCUT2D eigenvalue weighted by molar-refractivity contribution is -0.143. The van der Waals surface area contributed by atoms with Gasteiger partial charge >= 0.3 is 0 Å². The van der Waals surface area contributed by atoms with Crippen molar-refractivity contribution >= 4 is 23.4 Å². The Hall–Kier alpha value is -3.50. The molecular formula is C24H24FN3O6. The molecule has 34 heavy (non-hydrogen) atoms. The van der Waals surface area contributed by atoms with E-state index < -0.39 is 47.0 Å². The number of hydrogen-bond donors (Lipinski definition) is 4. The highest BCUT2D eigenvalue weighted by atomic mass is 19.1. The number of phenols is 2. The van der Waals surface area contributed by atoms with E-state index in [2.05, 4.69) is 10.6 Å². The summed E-state index contributed by atoms with van der Waals surface area (Å²) < 4.78 is 19.3. The normalized spacial score (nSPS) is 27.4. The minimum absolute atomic E-state index is 0.152. The number of fused-ring (bicyclic) bond motifs is 4. The van der Waals surface area contributed by atoms with Crippen LogP contribution in [0.5, 0.6) is 11.5 Å². The van der Waals surface area contributed by atoms with Crippen molar-refractivity contribution < 1.29 is 33.7 Å². The Bertz CT molecular complexity index is 1200. The van der Waals surface area contributed by atoms with Gasteiger partial charge in [0.25, 0.3) is 0 Å². The van der Waals surface area contributed by atoms with E-state index in [0.29, 0.717) is 29.8 Å². The lowest BCUT2D eigenvalue weighted by atomic mass is 9.76. The van der Waals surface area contributed by atoms with Gasteiger partial charge in [-0.15, -0.1) is 0 Å². The number of halogens is 1. The summed E-state index contributed by atoms with van der Waals surface area (Å²) in [4.78, 5) is 41.6. The third-order valence-electron chi connectivity index (χ3n) is 6.99. The average molecular weight is 469 g/mol. The zero-order valence-electron chi connectivity index (χ0n) is 18.4. The molecule has 0 radical (unpaired) electrons. The first-order valence-electron chi connectivity index (χ1n) is 11.0. The third-order valence-corrected chi connectivity index (χ3v) is 6.99. The first-order valence-corrected chi connectivity index (χ1v) is 11.0. The zero-order chi connectivity index (χ0) is 24.2. The molecule has 0 saturated carbocycles. The summed E-state index contributed by atoms with van der Waals surface area (Å²) in [5, 5.41) is 25.5. The number of aromatic hydroxyl groups is 2. The molecule has 0 unspecified atom stereocenters. The van der Waals surface area contributed by atoms with Crippen LogP contribution in [0.15, 0.2) is 36.4 Å². The molecule has 5 rings (SSSR count). The molecule has 0 bridgehead atoms. The van der Waals surface area contributed by atoms with Crippen LogP contribution in [0.1, 0.15) is 17.5 Å². The lowest BCUT2D eigenvalue weighted by Crippen LogP contribution is -2.53. The van der Waals surface area contributed by atoms with E-state index in [1.54, 1.807) is 6.07 Å². The second-order valence-electron chi connectivity index (χ2n) is 8.91. The van der Waals surface area contributed by atoms with E-state index in [4.69, 9.17) is 4.74 Å². The molecule has 178 valence electrons. The quantitative estimate of drug-likeness (QED) is 0.285. The summed E-state index contributed by atoms with van der Waals surface area (Å²) in [5.41, 5.74) is -0.323. The molecule has 3 aliphatic heterocycles. The van der Waals surface area contributed by atoms with Crippen molar-refractivity contribution in [1.29, 1.82) is 0 Å². The first kappa shape index (κ1) is 22.3. The largest absolute Gasteiger partial charge is 0.504 e. The minimum atomic E-state index is -1.60. The number of imide groups is 1. The molecule has 2 saturated heterocycles. The SMILES string of the molecule is COCCCN1C(=O)[C@H]2[C@@H](C1=O)[C@]1(N[C@@H]2Cc2ccc(O)c(O)c2)C(=O)Nc2ccc(F)cc21. The van der Waals surface area contributed by atoms with Crippen LogP contribution in [-0.2, 0) is 31.1 Å². The molecule has 3 aliphatic rings. The number of rotatable bonds is 6. The van der Waals surface area contributed by atoms with Gasteiger partial charge in [0.1, 0.15) is 11.4 Å². The Balaban J connectivity index is 1.58. The predicted octanol–water partition coefficient (Wildman–Crippen LogP) is 1.24. The Labute approximate surface area is 194 Å². The number of methoxy groups -OCH3 is 1. The number of carbonyl (C=O) groups excluding carboxylic acids is 3. The average Bonchev–Trinajstić information content (AvgIpc) is 3.37. The highest BCUT2D eigenvalue weighted by Crippen LogP contribution is 2.53. The lowest BCUT2D eigenvalue weighted by Gasteiger charge is -2.29. The van der Waals surface area contributed by atoms with E-state index >= 15 is 0 Å². The third kappa shape index (κ3) is 3.17. The molecule has 4 N–H and O–H groups in total. The second kappa shape index (κ2) is 8.07. The Morgan fingerprint density at radius 2 is 1.88 bits per heavy atom. The first-order chi connectivity index (χ1) is 16.3. The van der Waals surface area contributed by atoms with Crippen molar-refractivity contribution in [2.45, 2.75) is 24.4 Å². The Morgan fingerprint density at radius 3 is 2.62 bits per heavy atom. The van der Waals surface area contributed by atoms with Crippen molar-refractivity contribution in [3.8, 4) is 11.5 Å². The van der Waals surface area contributed by atoms with Gasteiger partial charge in [0.15, 0.2) is 11.5 Å². The molecule has 3 heterocycles. The van der Waals surface area contributed by atoms with Crippen LogP contribution in [-0.4, -0.2) is 59.1 Å². The summed E-state index contributed by atoms with van der Waals surface area (Å²) in [6.07, 6.45) is 0.640. The maximum Gasteiger partial charge on any atom is 0.250 e. The Morgan fingerprint density at radius 1 is 1.09 bits per heavy atom. The molecule has 2 aromatic carbocycles. The maximum atomic E-state index is 14.3. The fourth-order valence-electron chi connectivity index (χ4n) is 5.55. The standard InChI is InChI=1S/C24H24FN3O6/c1-34-8-2-7-28-21(31)19-16(9-12-3-6-17(29)18(30)10-12)27-24(20(19)22(28)32)14-11-13(25)4-5-15(14)26-23(24)33/h3-6,10-11,16,19-20,27,29-30H,2,7-9H2,1H3,(H,26,33)/t16-,19-,20+,24+/m1/s1. The number of hydrogen-bond acceptors (Lipinski definition) is 7. The van der Waals surface area contributed by atoms with Crippen molar-refractivity contribution in [1.82, 2.24) is 10.2 Å². The van der Waals surface area contributed by atoms with Crippen LogP contribution in [0.4, 0.5) is 10.1 Å². The van der Waals surface area contributed by atoms with Gasteiger partial charge in [0.2, 0.25) is 17.7 Å². The number of ether oxygens (including phenoxy) is 1. The Kier molecular flexibility index (Phi) is 5.29. The number of nitrogens with zero attached hydrogens (tertiary/aromatic N) is 1. The fraction of sp³-hybridized carbons (Fsp3) is 0.375. The van der Waals surface area contributed by atoms with Crippen LogP contribution in [0.3, 0.4) is 0 Å². The summed E-state index contributed by atoms with van der Waals surface area (Å²) in [6, 6.07) is 7.53.